The Morgan fingerprint density at radius 2 is 2.06 bits per heavy atom. The molecule has 3 aromatic rings. The predicted octanol–water partition coefficient (Wildman–Crippen LogP) is 4.89. The minimum Gasteiger partial charge on any atom is -0.493 e. The number of amides is 2. The van der Waals surface area contributed by atoms with Crippen molar-refractivity contribution in [1.29, 1.82) is 5.26 Å². The first-order chi connectivity index (χ1) is 17.6. The van der Waals surface area contributed by atoms with Crippen molar-refractivity contribution in [3.05, 3.63) is 75.9 Å². The number of hydrogen-bond acceptors (Lipinski definition) is 6. The number of nitriles is 1. The predicted molar refractivity (Wildman–Crippen MR) is 140 cm³/mol. The van der Waals surface area contributed by atoms with E-state index >= 15 is 0 Å². The molecule has 1 aliphatic heterocycles. The summed E-state index contributed by atoms with van der Waals surface area (Å²) in [4.78, 5) is 32.5. The molecule has 1 N–H and O–H groups in total. The van der Waals surface area contributed by atoms with Gasteiger partial charge in [0.05, 0.1) is 18.7 Å². The fourth-order valence-corrected chi connectivity index (χ4v) is 5.51. The van der Waals surface area contributed by atoms with E-state index in [1.165, 1.54) is 11.3 Å². The van der Waals surface area contributed by atoms with Gasteiger partial charge >= 0.3 is 0 Å². The van der Waals surface area contributed by atoms with E-state index in [1.807, 2.05) is 41.3 Å². The number of ether oxygens (including phenoxy) is 1. The van der Waals surface area contributed by atoms with Crippen LogP contribution in [0.5, 0.6) is 5.75 Å². The molecule has 3 heterocycles. The molecule has 4 rings (SSSR count). The van der Waals surface area contributed by atoms with Gasteiger partial charge in [-0.2, -0.15) is 5.26 Å². The van der Waals surface area contributed by atoms with Crippen molar-refractivity contribution in [1.82, 2.24) is 9.88 Å². The summed E-state index contributed by atoms with van der Waals surface area (Å²) in [6, 6.07) is 13.9. The molecule has 7 nitrogen and oxygen atoms in total. The molecule has 0 fully saturated rings. The van der Waals surface area contributed by atoms with Gasteiger partial charge in [-0.05, 0) is 54.5 Å². The number of nitrogens with zero attached hydrogens (tertiary/aromatic N) is 3. The minimum atomic E-state index is -0.139. The van der Waals surface area contributed by atoms with Gasteiger partial charge in [-0.1, -0.05) is 31.2 Å². The maximum atomic E-state index is 12.8. The van der Waals surface area contributed by atoms with E-state index in [-0.39, 0.29) is 11.8 Å². The van der Waals surface area contributed by atoms with Gasteiger partial charge in [0.1, 0.15) is 16.8 Å². The van der Waals surface area contributed by atoms with Crippen LogP contribution in [0.25, 0.3) is 0 Å². The van der Waals surface area contributed by atoms with Crippen LogP contribution in [0.1, 0.15) is 53.3 Å². The number of carbonyl (C=O) groups is 2. The van der Waals surface area contributed by atoms with E-state index in [0.29, 0.717) is 62.4 Å². The van der Waals surface area contributed by atoms with Crippen molar-refractivity contribution >= 4 is 28.2 Å². The second-order valence-corrected chi connectivity index (χ2v) is 9.86. The fraction of sp³-hybridized carbons (Fsp3) is 0.357. The Balaban J connectivity index is 1.36. The van der Waals surface area contributed by atoms with Gasteiger partial charge in [-0.3, -0.25) is 14.6 Å². The summed E-state index contributed by atoms with van der Waals surface area (Å²) in [6.07, 6.45) is 6.96. The third-order valence-corrected chi connectivity index (χ3v) is 7.31. The average Bonchev–Trinajstić information content (AvgIpc) is 3.26. The van der Waals surface area contributed by atoms with E-state index in [4.69, 9.17) is 4.74 Å². The number of hydrogen-bond donors (Lipinski definition) is 1. The van der Waals surface area contributed by atoms with Crippen LogP contribution < -0.4 is 10.1 Å². The summed E-state index contributed by atoms with van der Waals surface area (Å²) in [5.41, 5.74) is 3.51. The summed E-state index contributed by atoms with van der Waals surface area (Å²) in [5.74, 6) is 0.760. The van der Waals surface area contributed by atoms with Crippen LogP contribution in [-0.2, 0) is 35.4 Å². The van der Waals surface area contributed by atoms with Gasteiger partial charge < -0.3 is 15.0 Å². The monoisotopic (exact) mass is 502 g/mol. The van der Waals surface area contributed by atoms with Crippen LogP contribution in [0, 0.1) is 11.3 Å². The molecule has 0 atom stereocenters. The second-order valence-electron chi connectivity index (χ2n) is 8.75. The van der Waals surface area contributed by atoms with E-state index in [0.717, 1.165) is 33.7 Å². The Kier molecular flexibility index (Phi) is 8.69. The normalized spacial score (nSPS) is 12.5. The zero-order valence-corrected chi connectivity index (χ0v) is 21.3. The van der Waals surface area contributed by atoms with Crippen molar-refractivity contribution in [2.45, 2.75) is 52.0 Å². The molecule has 2 amide bonds. The number of aryl methyl sites for hydroxylation is 2. The highest BCUT2D eigenvalue weighted by molar-refractivity contribution is 7.16. The molecule has 0 saturated heterocycles. The molecule has 8 heteroatoms. The summed E-state index contributed by atoms with van der Waals surface area (Å²) in [6.45, 7) is 3.74. The number of benzene rings is 1. The SMILES string of the molecule is CCCOc1ccccc1CCC(=O)Nc1sc2c(c1C#N)CCN(C(=O)CCc1cccnc1)C2. The molecule has 0 bridgehead atoms. The van der Waals surface area contributed by atoms with E-state index in [1.54, 1.807) is 12.4 Å². The molecule has 0 spiro atoms. The van der Waals surface area contributed by atoms with Crippen LogP contribution >= 0.6 is 11.3 Å². The summed E-state index contributed by atoms with van der Waals surface area (Å²) in [7, 11) is 0. The third-order valence-electron chi connectivity index (χ3n) is 6.18. The Labute approximate surface area is 215 Å². The molecule has 0 unspecified atom stereocenters. The lowest BCUT2D eigenvalue weighted by Crippen LogP contribution is -2.35. The fourth-order valence-electron chi connectivity index (χ4n) is 4.28. The van der Waals surface area contributed by atoms with Gasteiger partial charge in [-0.25, -0.2) is 0 Å². The zero-order valence-electron chi connectivity index (χ0n) is 20.5. The number of nitrogens with one attached hydrogen (secondary N) is 1. The first-order valence-corrected chi connectivity index (χ1v) is 13.1. The van der Waals surface area contributed by atoms with Crippen LogP contribution in [0.4, 0.5) is 5.00 Å². The lowest BCUT2D eigenvalue weighted by molar-refractivity contribution is -0.132. The van der Waals surface area contributed by atoms with Crippen LogP contribution in [-0.4, -0.2) is 34.8 Å². The number of aromatic nitrogens is 1. The topological polar surface area (TPSA) is 95.3 Å². The van der Waals surface area contributed by atoms with E-state index in [9.17, 15) is 14.9 Å². The average molecular weight is 503 g/mol. The van der Waals surface area contributed by atoms with Crippen molar-refractivity contribution in [3.8, 4) is 11.8 Å². The Morgan fingerprint density at radius 1 is 1.19 bits per heavy atom. The van der Waals surface area contributed by atoms with Crippen LogP contribution in [0.3, 0.4) is 0 Å². The second kappa shape index (κ2) is 12.3. The summed E-state index contributed by atoms with van der Waals surface area (Å²) in [5, 5.41) is 13.3. The highest BCUT2D eigenvalue weighted by Gasteiger charge is 2.27. The molecule has 1 aliphatic rings. The number of thiophene rings is 1. The maximum Gasteiger partial charge on any atom is 0.225 e. The number of anilines is 1. The molecule has 186 valence electrons. The number of para-hydroxylation sites is 1. The first kappa shape index (κ1) is 25.4. The van der Waals surface area contributed by atoms with Gasteiger partial charge in [-0.15, -0.1) is 11.3 Å². The largest absolute Gasteiger partial charge is 0.493 e. The third kappa shape index (κ3) is 6.29. The van der Waals surface area contributed by atoms with Crippen LogP contribution in [0.15, 0.2) is 48.8 Å². The van der Waals surface area contributed by atoms with E-state index < -0.39 is 0 Å². The Morgan fingerprint density at radius 3 is 2.83 bits per heavy atom. The van der Waals surface area contributed by atoms with Crippen molar-refractivity contribution in [2.24, 2.45) is 0 Å². The lowest BCUT2D eigenvalue weighted by atomic mass is 10.0. The molecular formula is C28H30N4O3S. The Hall–Kier alpha value is -3.70. The number of carbonyl (C=O) groups excluding carboxylic acids is 2. The highest BCUT2D eigenvalue weighted by atomic mass is 32.1. The highest BCUT2D eigenvalue weighted by Crippen LogP contribution is 2.37. The molecular weight excluding hydrogens is 472 g/mol. The van der Waals surface area contributed by atoms with Gasteiger partial charge in [0.25, 0.3) is 0 Å². The molecule has 36 heavy (non-hydrogen) atoms. The molecule has 0 radical (unpaired) electrons. The molecule has 0 aliphatic carbocycles. The molecule has 1 aromatic carbocycles. The van der Waals surface area contributed by atoms with Crippen molar-refractivity contribution in [3.63, 3.8) is 0 Å². The van der Waals surface area contributed by atoms with Gasteiger partial charge in [0.15, 0.2) is 0 Å². The lowest BCUT2D eigenvalue weighted by Gasteiger charge is -2.27. The summed E-state index contributed by atoms with van der Waals surface area (Å²) < 4.78 is 5.79. The smallest absolute Gasteiger partial charge is 0.225 e. The van der Waals surface area contributed by atoms with Gasteiger partial charge in [0, 0.05) is 36.7 Å². The maximum absolute atomic E-state index is 12.8. The van der Waals surface area contributed by atoms with Gasteiger partial charge in [0.2, 0.25) is 11.8 Å². The first-order valence-electron chi connectivity index (χ1n) is 12.3. The quantitative estimate of drug-likeness (QED) is 0.426. The van der Waals surface area contributed by atoms with Crippen molar-refractivity contribution in [2.75, 3.05) is 18.5 Å². The zero-order chi connectivity index (χ0) is 25.3. The van der Waals surface area contributed by atoms with Crippen molar-refractivity contribution < 1.29 is 14.3 Å². The number of fused-ring (bicyclic) bond motifs is 1. The van der Waals surface area contributed by atoms with E-state index in [2.05, 4.69) is 23.3 Å². The minimum absolute atomic E-state index is 0.0888. The molecule has 0 saturated carbocycles. The molecule has 2 aromatic heterocycles. The summed E-state index contributed by atoms with van der Waals surface area (Å²) >= 11 is 1.40. The number of rotatable bonds is 10. The standard InChI is InChI=1S/C28H30N4O3S/c1-2-16-35-24-8-4-3-7-21(24)10-11-26(33)31-28-23(17-29)22-13-15-32(19-25(22)36-28)27(34)12-9-20-6-5-14-30-18-20/h3-8,14,18H,2,9-13,15-16,19H2,1H3,(H,31,33). The Bertz CT molecular complexity index is 1250. The van der Waals surface area contributed by atoms with Crippen LogP contribution in [0.2, 0.25) is 0 Å². The number of pyridine rings is 1.